The fraction of sp³-hybridized carbons (Fsp3) is 0.304. The summed E-state index contributed by atoms with van der Waals surface area (Å²) < 4.78 is 7.15. The van der Waals surface area contributed by atoms with Crippen LogP contribution in [0.2, 0.25) is 0 Å². The van der Waals surface area contributed by atoms with Crippen molar-refractivity contribution in [2.75, 3.05) is 13.2 Å². The van der Waals surface area contributed by atoms with Gasteiger partial charge in [-0.05, 0) is 60.0 Å². The molecule has 0 aliphatic carbocycles. The molecule has 5 heterocycles. The van der Waals surface area contributed by atoms with Crippen LogP contribution in [0.1, 0.15) is 34.5 Å². The zero-order chi connectivity index (χ0) is 21.2. The molecule has 1 saturated heterocycles. The van der Waals surface area contributed by atoms with Gasteiger partial charge in [0, 0.05) is 44.1 Å². The van der Waals surface area contributed by atoms with Crippen molar-refractivity contribution in [3.05, 3.63) is 64.9 Å². The summed E-state index contributed by atoms with van der Waals surface area (Å²) in [7, 11) is 1.89. The van der Waals surface area contributed by atoms with Crippen molar-refractivity contribution in [3.63, 3.8) is 0 Å². The van der Waals surface area contributed by atoms with Gasteiger partial charge in [-0.15, -0.1) is 11.3 Å². The fourth-order valence-electron chi connectivity index (χ4n) is 3.83. The summed E-state index contributed by atoms with van der Waals surface area (Å²) in [6, 6.07) is 10.1. The third-order valence-electron chi connectivity index (χ3n) is 5.51. The Morgan fingerprint density at radius 2 is 2.10 bits per heavy atom. The summed E-state index contributed by atoms with van der Waals surface area (Å²) in [4.78, 5) is 22.9. The Bertz CT molecular complexity index is 1210. The Labute approximate surface area is 184 Å². The number of hydrogen-bond acceptors (Lipinski definition) is 6. The minimum atomic E-state index is -0.118. The Hall–Kier alpha value is -3.10. The first-order valence-electron chi connectivity index (χ1n) is 10.4. The molecule has 7 nitrogen and oxygen atoms in total. The molecule has 158 valence electrons. The van der Waals surface area contributed by atoms with Crippen LogP contribution in [0.15, 0.2) is 48.1 Å². The molecule has 1 fully saturated rings. The van der Waals surface area contributed by atoms with E-state index in [0.29, 0.717) is 25.3 Å². The predicted octanol–water partition coefficient (Wildman–Crippen LogP) is 3.59. The van der Waals surface area contributed by atoms with Gasteiger partial charge in [-0.1, -0.05) is 6.07 Å². The molecule has 1 N–H and O–H groups in total. The Kier molecular flexibility index (Phi) is 5.48. The monoisotopic (exact) mass is 433 g/mol. The van der Waals surface area contributed by atoms with Crippen molar-refractivity contribution in [1.82, 2.24) is 25.1 Å². The van der Waals surface area contributed by atoms with Crippen LogP contribution in [0.25, 0.3) is 21.6 Å². The number of carbonyl (C=O) groups is 1. The van der Waals surface area contributed by atoms with E-state index in [2.05, 4.69) is 32.5 Å². The number of fused-ring (bicyclic) bond motifs is 1. The molecule has 0 saturated carbocycles. The van der Waals surface area contributed by atoms with Gasteiger partial charge in [-0.2, -0.15) is 5.10 Å². The van der Waals surface area contributed by atoms with Gasteiger partial charge < -0.3 is 10.1 Å². The van der Waals surface area contributed by atoms with Gasteiger partial charge >= 0.3 is 0 Å². The van der Waals surface area contributed by atoms with Gasteiger partial charge in [-0.25, -0.2) is 4.98 Å². The highest BCUT2D eigenvalue weighted by Crippen LogP contribution is 2.26. The second-order valence-corrected chi connectivity index (χ2v) is 8.66. The molecule has 0 bridgehead atoms. The maximum Gasteiger partial charge on any atom is 0.270 e. The Morgan fingerprint density at radius 3 is 2.84 bits per heavy atom. The molecule has 0 spiro atoms. The van der Waals surface area contributed by atoms with E-state index >= 15 is 0 Å². The highest BCUT2D eigenvalue weighted by atomic mass is 32.1. The number of pyridine rings is 2. The molecule has 31 heavy (non-hydrogen) atoms. The third kappa shape index (κ3) is 4.35. The lowest BCUT2D eigenvalue weighted by atomic mass is 10.0. The maximum absolute atomic E-state index is 12.9. The molecule has 0 radical (unpaired) electrons. The zero-order valence-electron chi connectivity index (χ0n) is 17.2. The first kappa shape index (κ1) is 19.8. The lowest BCUT2D eigenvalue weighted by molar-refractivity contribution is 0.0694. The van der Waals surface area contributed by atoms with Gasteiger partial charge in [0.05, 0.1) is 5.69 Å². The van der Waals surface area contributed by atoms with Crippen LogP contribution in [0.4, 0.5) is 0 Å². The first-order valence-corrected chi connectivity index (χ1v) is 11.2. The molecule has 1 aliphatic heterocycles. The number of thiophene rings is 1. The van der Waals surface area contributed by atoms with Crippen LogP contribution < -0.4 is 5.32 Å². The summed E-state index contributed by atoms with van der Waals surface area (Å²) in [5, 5.41) is 10.6. The van der Waals surface area contributed by atoms with E-state index in [1.54, 1.807) is 16.0 Å². The lowest BCUT2D eigenvalue weighted by Gasteiger charge is -2.23. The summed E-state index contributed by atoms with van der Waals surface area (Å²) in [5.41, 5.74) is 4.32. The molecule has 0 aromatic carbocycles. The van der Waals surface area contributed by atoms with Gasteiger partial charge in [-0.3, -0.25) is 14.5 Å². The van der Waals surface area contributed by atoms with Gasteiger partial charge in [0.25, 0.3) is 5.91 Å². The van der Waals surface area contributed by atoms with Crippen molar-refractivity contribution in [2.24, 2.45) is 7.05 Å². The van der Waals surface area contributed by atoms with E-state index in [-0.39, 0.29) is 11.9 Å². The number of hydrogen-bond donors (Lipinski definition) is 1. The van der Waals surface area contributed by atoms with Crippen LogP contribution in [-0.4, -0.2) is 44.9 Å². The van der Waals surface area contributed by atoms with E-state index in [9.17, 15) is 4.79 Å². The van der Waals surface area contributed by atoms with E-state index < -0.39 is 0 Å². The topological polar surface area (TPSA) is 81.9 Å². The van der Waals surface area contributed by atoms with Crippen molar-refractivity contribution < 1.29 is 9.53 Å². The summed E-state index contributed by atoms with van der Waals surface area (Å²) in [6.07, 6.45) is 6.15. The number of amides is 1. The molecule has 4 aromatic rings. The lowest BCUT2D eigenvalue weighted by Crippen LogP contribution is -2.39. The minimum Gasteiger partial charge on any atom is -0.381 e. The molecule has 0 atom stereocenters. The number of rotatable bonds is 5. The SMILES string of the molecule is Cn1ccc(-c2ccc(Cc3cc(C(=O)NC4CCOCC4)nc4sccc34)cn2)n1. The van der Waals surface area contributed by atoms with E-state index in [0.717, 1.165) is 45.6 Å². The predicted molar refractivity (Wildman–Crippen MR) is 120 cm³/mol. The smallest absolute Gasteiger partial charge is 0.270 e. The number of nitrogens with one attached hydrogen (secondary N) is 1. The van der Waals surface area contributed by atoms with Gasteiger partial charge in [0.1, 0.15) is 16.2 Å². The second kappa shape index (κ2) is 8.56. The summed E-state index contributed by atoms with van der Waals surface area (Å²) in [6.45, 7) is 1.38. The largest absolute Gasteiger partial charge is 0.381 e. The molecular formula is C23H23N5O2S. The van der Waals surface area contributed by atoms with E-state index in [1.807, 2.05) is 43.0 Å². The number of carbonyl (C=O) groups excluding carboxylic acids is 1. The van der Waals surface area contributed by atoms with Crippen molar-refractivity contribution in [2.45, 2.75) is 25.3 Å². The van der Waals surface area contributed by atoms with E-state index in [4.69, 9.17) is 4.74 Å². The highest BCUT2D eigenvalue weighted by molar-refractivity contribution is 7.16. The fourth-order valence-corrected chi connectivity index (χ4v) is 4.64. The highest BCUT2D eigenvalue weighted by Gasteiger charge is 2.19. The third-order valence-corrected chi connectivity index (χ3v) is 6.31. The van der Waals surface area contributed by atoms with Crippen LogP contribution in [0.5, 0.6) is 0 Å². The van der Waals surface area contributed by atoms with Crippen LogP contribution >= 0.6 is 11.3 Å². The number of nitrogens with zero attached hydrogens (tertiary/aromatic N) is 4. The first-order chi connectivity index (χ1) is 15.2. The number of ether oxygens (including phenoxy) is 1. The van der Waals surface area contributed by atoms with Gasteiger partial charge in [0.15, 0.2) is 0 Å². The standard InChI is InChI=1S/C23H23N5O2S/c1-28-8-4-20(27-28)19-3-2-15(14-24-19)12-16-13-21(26-23-18(16)7-11-31-23)22(29)25-17-5-9-30-10-6-17/h2-4,7-8,11,13-14,17H,5-6,9-10,12H2,1H3,(H,25,29). The van der Waals surface area contributed by atoms with Crippen LogP contribution in [0.3, 0.4) is 0 Å². The molecule has 8 heteroatoms. The van der Waals surface area contributed by atoms with Gasteiger partial charge in [0.2, 0.25) is 0 Å². The number of aryl methyl sites for hydroxylation is 1. The van der Waals surface area contributed by atoms with Crippen molar-refractivity contribution in [3.8, 4) is 11.4 Å². The Balaban J connectivity index is 1.38. The molecule has 1 aliphatic rings. The normalized spacial score (nSPS) is 14.7. The number of aromatic nitrogens is 4. The van der Waals surface area contributed by atoms with Crippen molar-refractivity contribution >= 4 is 27.5 Å². The average molecular weight is 434 g/mol. The average Bonchev–Trinajstić information content (AvgIpc) is 3.44. The molecule has 1 amide bonds. The summed E-state index contributed by atoms with van der Waals surface area (Å²) in [5.74, 6) is -0.118. The summed E-state index contributed by atoms with van der Waals surface area (Å²) >= 11 is 1.55. The quantitative estimate of drug-likeness (QED) is 0.520. The van der Waals surface area contributed by atoms with E-state index in [1.165, 1.54) is 0 Å². The molecule has 5 rings (SSSR count). The maximum atomic E-state index is 12.9. The van der Waals surface area contributed by atoms with Crippen LogP contribution in [0, 0.1) is 0 Å². The van der Waals surface area contributed by atoms with Crippen molar-refractivity contribution in [1.29, 1.82) is 0 Å². The Morgan fingerprint density at radius 1 is 1.23 bits per heavy atom. The van der Waals surface area contributed by atoms with Crippen LogP contribution in [-0.2, 0) is 18.2 Å². The molecule has 0 unspecified atom stereocenters. The zero-order valence-corrected chi connectivity index (χ0v) is 18.1. The minimum absolute atomic E-state index is 0.118. The molecular weight excluding hydrogens is 410 g/mol. The second-order valence-electron chi connectivity index (χ2n) is 7.77. The molecule has 4 aromatic heterocycles.